The van der Waals surface area contributed by atoms with Crippen LogP contribution < -0.4 is 5.32 Å². The van der Waals surface area contributed by atoms with E-state index in [1.54, 1.807) is 29.4 Å². The maximum atomic E-state index is 12.3. The molecule has 0 radical (unpaired) electrons. The summed E-state index contributed by atoms with van der Waals surface area (Å²) >= 11 is 1.56. The maximum absolute atomic E-state index is 12.3. The number of carbonyl (C=O) groups excluding carboxylic acids is 2. The fourth-order valence-corrected chi connectivity index (χ4v) is 2.80. The van der Waals surface area contributed by atoms with Crippen molar-refractivity contribution in [2.24, 2.45) is 0 Å². The number of nitrogens with one attached hydrogen (secondary N) is 1. The van der Waals surface area contributed by atoms with E-state index in [1.165, 1.54) is 0 Å². The highest BCUT2D eigenvalue weighted by Gasteiger charge is 2.41. The van der Waals surface area contributed by atoms with E-state index in [4.69, 9.17) is 0 Å². The smallest absolute Gasteiger partial charge is 0.248 e. The van der Waals surface area contributed by atoms with Gasteiger partial charge < -0.3 is 10.2 Å². The largest absolute Gasteiger partial charge is 0.340 e. The van der Waals surface area contributed by atoms with Crippen molar-refractivity contribution in [1.82, 2.24) is 15.2 Å². The average Bonchev–Trinajstić information content (AvgIpc) is 2.71. The van der Waals surface area contributed by atoms with Gasteiger partial charge in [0.2, 0.25) is 11.8 Å². The molecule has 1 aliphatic rings. The lowest BCUT2D eigenvalue weighted by molar-refractivity contribution is -0.149. The lowest BCUT2D eigenvalue weighted by Crippen LogP contribution is -2.64. The van der Waals surface area contributed by atoms with Crippen LogP contribution in [0.15, 0.2) is 6.20 Å². The fourth-order valence-electron chi connectivity index (χ4n) is 2.00. The lowest BCUT2D eigenvalue weighted by atomic mass is 9.94. The Kier molecular flexibility index (Phi) is 3.38. The molecule has 1 aliphatic heterocycles. The van der Waals surface area contributed by atoms with Gasteiger partial charge in [0.25, 0.3) is 0 Å². The Bertz CT molecular complexity index is 485. The molecule has 2 heterocycles. The van der Waals surface area contributed by atoms with Gasteiger partial charge in [-0.05, 0) is 20.3 Å². The summed E-state index contributed by atoms with van der Waals surface area (Å²) < 4.78 is 0. The minimum atomic E-state index is -0.776. The van der Waals surface area contributed by atoms with Crippen molar-refractivity contribution in [1.29, 1.82) is 0 Å². The maximum Gasteiger partial charge on any atom is 0.248 e. The fraction of sp³-hybridized carbons (Fsp3) is 0.583. The van der Waals surface area contributed by atoms with Crippen LogP contribution in [0.25, 0.3) is 0 Å². The number of thiazole rings is 1. The summed E-state index contributed by atoms with van der Waals surface area (Å²) in [5.41, 5.74) is -0.776. The SMILES string of the molecule is CCC1(C)NC(=O)CN(Cc2ncc(C)s2)C1=O. The molecule has 2 rings (SSSR count). The van der Waals surface area contributed by atoms with Crippen LogP contribution in [0.4, 0.5) is 0 Å². The number of aryl methyl sites for hydroxylation is 1. The minimum absolute atomic E-state index is 0.0301. The molecule has 98 valence electrons. The van der Waals surface area contributed by atoms with Gasteiger partial charge in [0.05, 0.1) is 6.54 Å². The Morgan fingerprint density at radius 1 is 1.56 bits per heavy atom. The molecule has 1 unspecified atom stereocenters. The summed E-state index contributed by atoms with van der Waals surface area (Å²) in [6.07, 6.45) is 2.37. The van der Waals surface area contributed by atoms with E-state index >= 15 is 0 Å². The van der Waals surface area contributed by atoms with E-state index in [-0.39, 0.29) is 18.4 Å². The summed E-state index contributed by atoms with van der Waals surface area (Å²) in [6, 6.07) is 0. The van der Waals surface area contributed by atoms with Crippen LogP contribution in [0.5, 0.6) is 0 Å². The van der Waals surface area contributed by atoms with Crippen molar-refractivity contribution in [2.45, 2.75) is 39.3 Å². The molecule has 0 spiro atoms. The third-order valence-corrected chi connectivity index (χ3v) is 4.11. The number of hydrogen-bond donors (Lipinski definition) is 1. The van der Waals surface area contributed by atoms with Crippen molar-refractivity contribution in [2.75, 3.05) is 6.54 Å². The number of aromatic nitrogens is 1. The van der Waals surface area contributed by atoms with Gasteiger partial charge in [0.15, 0.2) is 0 Å². The van der Waals surface area contributed by atoms with Crippen LogP contribution in [0.2, 0.25) is 0 Å². The first kappa shape index (κ1) is 13.0. The third kappa shape index (κ3) is 2.38. The summed E-state index contributed by atoms with van der Waals surface area (Å²) in [4.78, 5) is 30.9. The highest BCUT2D eigenvalue weighted by Crippen LogP contribution is 2.21. The topological polar surface area (TPSA) is 62.3 Å². The Balaban J connectivity index is 2.17. The van der Waals surface area contributed by atoms with Crippen molar-refractivity contribution >= 4 is 23.2 Å². The Hall–Kier alpha value is -1.43. The number of hydrogen-bond acceptors (Lipinski definition) is 4. The predicted molar refractivity (Wildman–Crippen MR) is 69.1 cm³/mol. The molecule has 0 aliphatic carbocycles. The highest BCUT2D eigenvalue weighted by molar-refractivity contribution is 7.11. The monoisotopic (exact) mass is 267 g/mol. The first-order valence-electron chi connectivity index (χ1n) is 5.96. The lowest BCUT2D eigenvalue weighted by Gasteiger charge is -2.38. The van der Waals surface area contributed by atoms with E-state index < -0.39 is 5.54 Å². The van der Waals surface area contributed by atoms with Crippen LogP contribution in [-0.2, 0) is 16.1 Å². The van der Waals surface area contributed by atoms with Crippen molar-refractivity contribution in [3.05, 3.63) is 16.1 Å². The first-order valence-corrected chi connectivity index (χ1v) is 6.78. The van der Waals surface area contributed by atoms with E-state index in [0.717, 1.165) is 9.88 Å². The summed E-state index contributed by atoms with van der Waals surface area (Å²) in [5, 5.41) is 3.64. The van der Waals surface area contributed by atoms with Gasteiger partial charge in [0, 0.05) is 11.1 Å². The second kappa shape index (κ2) is 4.68. The summed E-state index contributed by atoms with van der Waals surface area (Å²) in [5.74, 6) is -0.135. The van der Waals surface area contributed by atoms with Crippen LogP contribution >= 0.6 is 11.3 Å². The van der Waals surface area contributed by atoms with E-state index in [2.05, 4.69) is 10.3 Å². The zero-order chi connectivity index (χ0) is 13.3. The highest BCUT2D eigenvalue weighted by atomic mass is 32.1. The number of amides is 2. The van der Waals surface area contributed by atoms with Gasteiger partial charge in [-0.2, -0.15) is 0 Å². The molecule has 1 fully saturated rings. The number of piperazine rings is 1. The molecule has 1 saturated heterocycles. The molecule has 0 bridgehead atoms. The first-order chi connectivity index (χ1) is 8.44. The summed E-state index contributed by atoms with van der Waals surface area (Å²) in [7, 11) is 0. The number of carbonyl (C=O) groups is 2. The second-order valence-corrected chi connectivity index (χ2v) is 6.08. The van der Waals surface area contributed by atoms with E-state index in [9.17, 15) is 9.59 Å². The molecule has 1 aromatic heterocycles. The van der Waals surface area contributed by atoms with Gasteiger partial charge in [0.1, 0.15) is 17.1 Å². The van der Waals surface area contributed by atoms with Crippen molar-refractivity contribution < 1.29 is 9.59 Å². The molecule has 6 heteroatoms. The van der Waals surface area contributed by atoms with Crippen molar-refractivity contribution in [3.63, 3.8) is 0 Å². The quantitative estimate of drug-likeness (QED) is 0.891. The molecule has 18 heavy (non-hydrogen) atoms. The molecule has 2 amide bonds. The molecular weight excluding hydrogens is 250 g/mol. The van der Waals surface area contributed by atoms with Crippen LogP contribution in [0, 0.1) is 6.92 Å². The number of rotatable bonds is 3. The van der Waals surface area contributed by atoms with Gasteiger partial charge in [-0.25, -0.2) is 4.98 Å². The standard InChI is InChI=1S/C12H17N3O2S/c1-4-12(3)11(17)15(6-9(16)14-12)7-10-13-5-8(2)18-10/h5H,4,6-7H2,1-3H3,(H,14,16). The normalized spacial score (nSPS) is 24.3. The van der Waals surface area contributed by atoms with Crippen molar-refractivity contribution in [3.8, 4) is 0 Å². The minimum Gasteiger partial charge on any atom is -0.340 e. The van der Waals surface area contributed by atoms with E-state index in [0.29, 0.717) is 13.0 Å². The van der Waals surface area contributed by atoms with Crippen LogP contribution in [-0.4, -0.2) is 33.8 Å². The van der Waals surface area contributed by atoms with Gasteiger partial charge >= 0.3 is 0 Å². The summed E-state index contributed by atoms with van der Waals surface area (Å²) in [6.45, 7) is 6.18. The molecule has 0 aromatic carbocycles. The zero-order valence-corrected chi connectivity index (χ0v) is 11.6. The zero-order valence-electron chi connectivity index (χ0n) is 10.8. The predicted octanol–water partition coefficient (Wildman–Crippen LogP) is 1.08. The van der Waals surface area contributed by atoms with Gasteiger partial charge in [-0.15, -0.1) is 11.3 Å². The molecular formula is C12H17N3O2S. The van der Waals surface area contributed by atoms with Gasteiger partial charge in [-0.1, -0.05) is 6.92 Å². The van der Waals surface area contributed by atoms with Crippen LogP contribution in [0.3, 0.4) is 0 Å². The molecule has 1 aromatic rings. The molecule has 5 nitrogen and oxygen atoms in total. The van der Waals surface area contributed by atoms with Gasteiger partial charge in [-0.3, -0.25) is 9.59 Å². The Morgan fingerprint density at radius 3 is 2.83 bits per heavy atom. The molecule has 1 atom stereocenters. The number of nitrogens with zero attached hydrogens (tertiary/aromatic N) is 2. The molecule has 1 N–H and O–H groups in total. The third-order valence-electron chi connectivity index (χ3n) is 3.21. The molecule has 0 saturated carbocycles. The average molecular weight is 267 g/mol. The Labute approximate surface area is 110 Å². The van der Waals surface area contributed by atoms with Crippen LogP contribution in [0.1, 0.15) is 30.2 Å². The van der Waals surface area contributed by atoms with E-state index in [1.807, 2.05) is 13.8 Å². The second-order valence-electron chi connectivity index (χ2n) is 4.76. The Morgan fingerprint density at radius 2 is 2.28 bits per heavy atom.